The van der Waals surface area contributed by atoms with Crippen molar-refractivity contribution in [2.24, 2.45) is 47.3 Å². The van der Waals surface area contributed by atoms with E-state index >= 15 is 0 Å². The Labute approximate surface area is 221 Å². The van der Waals surface area contributed by atoms with Gasteiger partial charge in [-0.3, -0.25) is 19.2 Å². The van der Waals surface area contributed by atoms with Crippen LogP contribution < -0.4 is 10.6 Å². The minimum atomic E-state index is -1.20. The number of nitrogens with one attached hydrogen (secondary N) is 2. The van der Waals surface area contributed by atoms with Gasteiger partial charge in [-0.2, -0.15) is 0 Å². The first-order valence-corrected chi connectivity index (χ1v) is 13.6. The third-order valence-electron chi connectivity index (χ3n) is 9.48. The summed E-state index contributed by atoms with van der Waals surface area (Å²) in [4.78, 5) is 50.2. The molecule has 204 valence electrons. The summed E-state index contributed by atoms with van der Waals surface area (Å²) in [5.41, 5.74) is -0.358. The number of hydrogen-bond acceptors (Lipinski definition) is 7. The molecule has 38 heavy (non-hydrogen) atoms. The molecule has 3 fully saturated rings. The minimum Gasteiger partial charge on any atom is -0.507 e. The molecule has 0 spiro atoms. The van der Waals surface area contributed by atoms with E-state index in [4.69, 9.17) is 0 Å². The van der Waals surface area contributed by atoms with E-state index < -0.39 is 36.2 Å². The first-order chi connectivity index (χ1) is 18.2. The number of aliphatic hydroxyl groups is 3. The van der Waals surface area contributed by atoms with Crippen molar-refractivity contribution in [2.75, 3.05) is 13.2 Å². The summed E-state index contributed by atoms with van der Waals surface area (Å²) in [6.45, 7) is 1.76. The average molecular weight is 525 g/mol. The molecule has 2 heterocycles. The van der Waals surface area contributed by atoms with E-state index in [1.54, 1.807) is 0 Å². The Morgan fingerprint density at radius 3 is 2.53 bits per heavy atom. The highest BCUT2D eigenvalue weighted by molar-refractivity contribution is 6.27. The van der Waals surface area contributed by atoms with Crippen molar-refractivity contribution >= 4 is 23.4 Å². The lowest BCUT2D eigenvalue weighted by Crippen LogP contribution is -2.42. The molecule has 0 aromatic heterocycles. The van der Waals surface area contributed by atoms with Crippen LogP contribution in [0.5, 0.6) is 0 Å². The van der Waals surface area contributed by atoms with Gasteiger partial charge in [-0.1, -0.05) is 31.2 Å². The Kier molecular flexibility index (Phi) is 7.42. The van der Waals surface area contributed by atoms with Crippen molar-refractivity contribution < 1.29 is 34.5 Å². The molecule has 2 amide bonds. The van der Waals surface area contributed by atoms with Gasteiger partial charge in [0.25, 0.3) is 5.91 Å². The van der Waals surface area contributed by atoms with Gasteiger partial charge in [0.2, 0.25) is 5.91 Å². The number of fused-ring (bicyclic) bond motifs is 7. The fraction of sp³-hybridized carbons (Fsp3) is 0.586. The van der Waals surface area contributed by atoms with Gasteiger partial charge in [-0.25, -0.2) is 0 Å². The fourth-order valence-electron chi connectivity index (χ4n) is 7.80. The number of aliphatic hydroxyl groups excluding tert-OH is 3. The molecule has 0 aromatic rings. The molecule has 2 bridgehead atoms. The van der Waals surface area contributed by atoms with E-state index in [9.17, 15) is 34.5 Å². The highest BCUT2D eigenvalue weighted by Gasteiger charge is 2.53. The lowest BCUT2D eigenvalue weighted by molar-refractivity contribution is -0.127. The van der Waals surface area contributed by atoms with E-state index in [-0.39, 0.29) is 65.7 Å². The van der Waals surface area contributed by atoms with Gasteiger partial charge in [-0.15, -0.1) is 0 Å². The Bertz CT molecular complexity index is 1140. The van der Waals surface area contributed by atoms with Gasteiger partial charge < -0.3 is 26.0 Å². The van der Waals surface area contributed by atoms with Gasteiger partial charge >= 0.3 is 0 Å². The van der Waals surface area contributed by atoms with Gasteiger partial charge in [0.15, 0.2) is 11.6 Å². The summed E-state index contributed by atoms with van der Waals surface area (Å²) >= 11 is 0. The van der Waals surface area contributed by atoms with Crippen LogP contribution in [0.2, 0.25) is 0 Å². The predicted molar refractivity (Wildman–Crippen MR) is 137 cm³/mol. The lowest BCUT2D eigenvalue weighted by atomic mass is 9.69. The molecule has 2 aliphatic heterocycles. The lowest BCUT2D eigenvalue weighted by Gasteiger charge is -2.35. The first kappa shape index (κ1) is 26.6. The van der Waals surface area contributed by atoms with Crippen LogP contribution in [-0.4, -0.2) is 64.0 Å². The molecule has 1 saturated heterocycles. The topological polar surface area (TPSA) is 153 Å². The van der Waals surface area contributed by atoms with Crippen molar-refractivity contribution in [3.05, 3.63) is 47.8 Å². The highest BCUT2D eigenvalue weighted by Crippen LogP contribution is 2.58. The monoisotopic (exact) mass is 524 g/mol. The van der Waals surface area contributed by atoms with Crippen LogP contribution in [0.25, 0.3) is 0 Å². The molecule has 0 aromatic carbocycles. The number of rotatable bonds is 2. The van der Waals surface area contributed by atoms with Crippen molar-refractivity contribution in [3.8, 4) is 0 Å². The maximum Gasteiger partial charge on any atom is 0.259 e. The third-order valence-corrected chi connectivity index (χ3v) is 9.48. The van der Waals surface area contributed by atoms with Crippen LogP contribution in [0.3, 0.4) is 0 Å². The highest BCUT2D eigenvalue weighted by atomic mass is 16.3. The molecule has 9 nitrogen and oxygen atoms in total. The zero-order valence-corrected chi connectivity index (χ0v) is 21.5. The Morgan fingerprint density at radius 1 is 1.03 bits per heavy atom. The summed E-state index contributed by atoms with van der Waals surface area (Å²) in [5.74, 6) is -1.13. The standard InChI is InChI=1S/C29H36N2O7/c1-14-11-19-18(25(14)23(35)13-32)7-6-17-16-3-2-4-24(36)30-10-9-22(34)27-28(37)26(29(38)31-27)21(33)8-5-15(16)12-20(17)19/h2,4-8,14-20,22,25,27,32-34H,3,9-13H2,1H3,(H,30,36)(H,31,38)/b4-2-,8-5+,26-21?/t14-,15-,16+,17-,18-,19+,20+,22+,25-,27+/m1/s1. The van der Waals surface area contributed by atoms with Gasteiger partial charge in [0.1, 0.15) is 24.0 Å². The van der Waals surface area contributed by atoms with Crippen LogP contribution in [0.4, 0.5) is 0 Å². The SMILES string of the molecule is C[C@@H]1C[C@H]2[C@@H](C=C[C@@H]3[C@H]4C/C=C\C(=O)NCC[C@H](O)[C@@H]5NC(=O)C(=C(O)/C=C/[C@@H]4C[C@@H]32)C5=O)[C@@H]1C(=O)CO. The summed E-state index contributed by atoms with van der Waals surface area (Å²) in [5, 5.41) is 35.8. The zero-order valence-electron chi connectivity index (χ0n) is 21.5. The maximum atomic E-state index is 12.8. The zero-order chi connectivity index (χ0) is 27.1. The molecule has 5 rings (SSSR count). The second kappa shape index (κ2) is 10.6. The molecule has 10 atom stereocenters. The third kappa shape index (κ3) is 4.66. The predicted octanol–water partition coefficient (Wildman–Crippen LogP) is 1.14. The molecule has 0 unspecified atom stereocenters. The van der Waals surface area contributed by atoms with Gasteiger partial charge in [0, 0.05) is 12.5 Å². The number of carbonyl (C=O) groups is 4. The van der Waals surface area contributed by atoms with E-state index in [1.807, 2.05) is 12.2 Å². The van der Waals surface area contributed by atoms with Crippen molar-refractivity contribution in [2.45, 2.75) is 44.8 Å². The van der Waals surface area contributed by atoms with Crippen molar-refractivity contribution in [1.29, 1.82) is 0 Å². The van der Waals surface area contributed by atoms with E-state index in [0.717, 1.165) is 12.8 Å². The summed E-state index contributed by atoms with van der Waals surface area (Å²) in [6.07, 6.45) is 12.2. The Balaban J connectivity index is 1.46. The number of amides is 2. The second-order valence-electron chi connectivity index (χ2n) is 11.5. The largest absolute Gasteiger partial charge is 0.507 e. The number of hydrogen-bond donors (Lipinski definition) is 5. The smallest absolute Gasteiger partial charge is 0.259 e. The normalized spacial score (nSPS) is 42.7. The van der Waals surface area contributed by atoms with Gasteiger partial charge in [-0.05, 0) is 79.3 Å². The maximum absolute atomic E-state index is 12.8. The fourth-order valence-corrected chi connectivity index (χ4v) is 7.80. The molecule has 3 aliphatic carbocycles. The minimum absolute atomic E-state index is 0.0145. The van der Waals surface area contributed by atoms with E-state index in [2.05, 4.69) is 29.7 Å². The van der Waals surface area contributed by atoms with Crippen LogP contribution in [-0.2, 0) is 19.2 Å². The van der Waals surface area contributed by atoms with Crippen molar-refractivity contribution in [1.82, 2.24) is 10.6 Å². The van der Waals surface area contributed by atoms with E-state index in [0.29, 0.717) is 18.3 Å². The van der Waals surface area contributed by atoms with Crippen molar-refractivity contribution in [3.63, 3.8) is 0 Å². The number of Topliss-reactive ketones (excluding diaryl/α,β-unsaturated/α-hetero) is 2. The Morgan fingerprint density at radius 2 is 1.76 bits per heavy atom. The molecule has 0 radical (unpaired) electrons. The van der Waals surface area contributed by atoms with Crippen LogP contribution >= 0.6 is 0 Å². The summed E-state index contributed by atoms with van der Waals surface area (Å²) < 4.78 is 0. The van der Waals surface area contributed by atoms with Crippen LogP contribution in [0.1, 0.15) is 32.6 Å². The number of carbonyl (C=O) groups excluding carboxylic acids is 4. The molecule has 2 saturated carbocycles. The van der Waals surface area contributed by atoms with Gasteiger partial charge in [0.05, 0.1) is 6.10 Å². The molecule has 5 aliphatic rings. The second-order valence-corrected chi connectivity index (χ2v) is 11.5. The quantitative estimate of drug-likeness (QED) is 0.268. The Hall–Kier alpha value is -3.04. The summed E-state index contributed by atoms with van der Waals surface area (Å²) in [7, 11) is 0. The number of ketones is 2. The first-order valence-electron chi connectivity index (χ1n) is 13.6. The molecule has 9 heteroatoms. The van der Waals surface area contributed by atoms with Crippen LogP contribution in [0.15, 0.2) is 47.8 Å². The number of allylic oxidation sites excluding steroid dienone is 5. The summed E-state index contributed by atoms with van der Waals surface area (Å²) in [6, 6.07) is -1.17. The molecular weight excluding hydrogens is 488 g/mol. The molecular formula is C29H36N2O7. The molecule has 5 N–H and O–H groups in total. The van der Waals surface area contributed by atoms with Crippen LogP contribution in [0, 0.1) is 47.3 Å². The van der Waals surface area contributed by atoms with E-state index in [1.165, 1.54) is 12.2 Å². The average Bonchev–Trinajstić information content (AvgIpc) is 3.51.